The zero-order valence-electron chi connectivity index (χ0n) is 48.6. The maximum absolute atomic E-state index is 9.51. The van der Waals surface area contributed by atoms with Gasteiger partial charge in [0.15, 0.2) is 0 Å². The zero-order chi connectivity index (χ0) is 55.8. The number of rotatable bonds is 9. The van der Waals surface area contributed by atoms with Crippen molar-refractivity contribution < 1.29 is 29.9 Å². The zero-order valence-corrected chi connectivity index (χ0v) is 47.8. The van der Waals surface area contributed by atoms with Gasteiger partial charge in [-0.15, -0.1) is 48.0 Å². The Bertz CT molecular complexity index is 4170. The first-order valence-corrected chi connectivity index (χ1v) is 26.5. The van der Waals surface area contributed by atoms with E-state index in [0.29, 0.717) is 5.75 Å². The first kappa shape index (κ1) is 48.4. The van der Waals surface area contributed by atoms with Gasteiger partial charge in [-0.25, -0.2) is 4.98 Å². The van der Waals surface area contributed by atoms with Crippen LogP contribution in [-0.4, -0.2) is 9.55 Å². The van der Waals surface area contributed by atoms with Crippen molar-refractivity contribution in [3.63, 3.8) is 0 Å². The molecule has 0 aliphatic carbocycles. The normalized spacial score (nSPS) is 13.3. The molecular formula is C72H63N4OPt-3. The van der Waals surface area contributed by atoms with Crippen molar-refractivity contribution in [2.45, 2.75) is 78.6 Å². The fourth-order valence-electron chi connectivity index (χ4n) is 10.7. The maximum Gasteiger partial charge on any atom is 0.135 e. The molecule has 0 fully saturated rings. The summed E-state index contributed by atoms with van der Waals surface area (Å²) in [7, 11) is 0. The number of fused-ring (bicyclic) bond motifs is 4. The van der Waals surface area contributed by atoms with E-state index in [-0.39, 0.29) is 66.9 Å². The van der Waals surface area contributed by atoms with E-state index >= 15 is 0 Å². The van der Waals surface area contributed by atoms with E-state index < -0.39 is 0 Å². The molecule has 3 heterocycles. The Balaban J connectivity index is 0.00000690. The van der Waals surface area contributed by atoms with Gasteiger partial charge in [0.1, 0.15) is 5.82 Å². The maximum atomic E-state index is 9.51. The second-order valence-corrected chi connectivity index (χ2v) is 23.2. The van der Waals surface area contributed by atoms with Crippen LogP contribution in [0.4, 0.5) is 22.7 Å². The molecule has 0 spiro atoms. The Morgan fingerprint density at radius 3 is 1.78 bits per heavy atom. The largest absolute Gasteiger partial charge is 0.509 e. The average Bonchev–Trinajstić information content (AvgIpc) is 4.24. The van der Waals surface area contributed by atoms with Crippen LogP contribution in [-0.2, 0) is 37.3 Å². The molecule has 12 rings (SSSR count). The summed E-state index contributed by atoms with van der Waals surface area (Å²) in [5, 5.41) is 2.04. The summed E-state index contributed by atoms with van der Waals surface area (Å²) < 4.78 is 37.0. The van der Waals surface area contributed by atoms with Gasteiger partial charge >= 0.3 is 0 Å². The summed E-state index contributed by atoms with van der Waals surface area (Å²) in [6, 6.07) is 72.0. The minimum absolute atomic E-state index is 0. The van der Waals surface area contributed by atoms with Crippen molar-refractivity contribution in [1.82, 2.24) is 9.55 Å². The van der Waals surface area contributed by atoms with Gasteiger partial charge in [0.2, 0.25) is 0 Å². The Hall–Kier alpha value is -7.98. The summed E-state index contributed by atoms with van der Waals surface area (Å²) in [5.74, 6) is 1.09. The second kappa shape index (κ2) is 20.4. The fraction of sp³-hybridized carbons (Fsp3) is 0.167. The van der Waals surface area contributed by atoms with Crippen LogP contribution in [0.25, 0.3) is 72.1 Å². The van der Waals surface area contributed by atoms with E-state index in [1.807, 2.05) is 60.2 Å². The second-order valence-electron chi connectivity index (χ2n) is 23.2. The molecule has 0 amide bonds. The molecule has 0 saturated carbocycles. The third-order valence-corrected chi connectivity index (χ3v) is 14.8. The molecule has 0 N–H and O–H groups in total. The first-order chi connectivity index (χ1) is 38.3. The number of anilines is 4. The molecule has 6 heteroatoms. The van der Waals surface area contributed by atoms with E-state index in [4.69, 9.17) is 9.72 Å². The predicted molar refractivity (Wildman–Crippen MR) is 322 cm³/mol. The quantitative estimate of drug-likeness (QED) is 0.135. The van der Waals surface area contributed by atoms with Crippen molar-refractivity contribution in [3.8, 4) is 61.8 Å². The standard InChI is InChI=1S/C72H63N4O.Pt/c1-70(2,3)53-35-33-50(34-36-53)58-29-20-30-59(52-26-18-25-51(41-52)48-21-12-10-13-22-48)69(58)75-47-74(65-31-16-17-32-66(65)75)55-27-19-28-56(43-55)77-57-38-39-60-61-42-54(71(4,5)6)37-40-64(61)76(67(60)44-57)68-45-63(72(7,8)9)62(46-73-68)49-23-14-11-15-24-49;/h10-42,45-47H,1-9H3;/q-3;/i19D,27D,28D;. The molecule has 5 nitrogen and oxygen atoms in total. The summed E-state index contributed by atoms with van der Waals surface area (Å²) in [5.41, 5.74) is 16.5. The van der Waals surface area contributed by atoms with Crippen molar-refractivity contribution in [1.29, 1.82) is 0 Å². The van der Waals surface area contributed by atoms with Gasteiger partial charge in [0.25, 0.3) is 0 Å². The van der Waals surface area contributed by atoms with Crippen LogP contribution in [0.15, 0.2) is 212 Å². The monoisotopic (exact) mass is 1200 g/mol. The smallest absolute Gasteiger partial charge is 0.135 e. The fourth-order valence-corrected chi connectivity index (χ4v) is 10.7. The van der Waals surface area contributed by atoms with Crippen LogP contribution in [0, 0.1) is 18.8 Å². The van der Waals surface area contributed by atoms with Gasteiger partial charge in [-0.1, -0.05) is 213 Å². The molecule has 0 atom stereocenters. The number of hydrogen-bond donors (Lipinski definition) is 0. The van der Waals surface area contributed by atoms with E-state index in [9.17, 15) is 4.11 Å². The molecular weight excluding hydrogens is 1130 g/mol. The molecule has 0 bridgehead atoms. The van der Waals surface area contributed by atoms with Crippen molar-refractivity contribution in [2.75, 3.05) is 9.80 Å². The molecule has 2 aromatic heterocycles. The van der Waals surface area contributed by atoms with Gasteiger partial charge in [-0.2, -0.15) is 12.1 Å². The number of benzene rings is 9. The minimum Gasteiger partial charge on any atom is -0.509 e. The Labute approximate surface area is 479 Å². The van der Waals surface area contributed by atoms with Crippen molar-refractivity contribution in [3.05, 3.63) is 248 Å². The number of ether oxygens (including phenoxy) is 1. The molecule has 0 unspecified atom stereocenters. The van der Waals surface area contributed by atoms with Crippen LogP contribution in [0.1, 0.15) is 83.1 Å². The molecule has 78 heavy (non-hydrogen) atoms. The van der Waals surface area contributed by atoms with Crippen molar-refractivity contribution >= 4 is 44.6 Å². The van der Waals surface area contributed by atoms with Crippen LogP contribution in [0.5, 0.6) is 11.5 Å². The minimum atomic E-state index is -0.279. The van der Waals surface area contributed by atoms with Gasteiger partial charge in [-0.3, -0.25) is 0 Å². The van der Waals surface area contributed by atoms with Crippen molar-refractivity contribution in [2.24, 2.45) is 0 Å². The molecule has 1 aliphatic heterocycles. The van der Waals surface area contributed by atoms with Gasteiger partial charge < -0.3 is 19.1 Å². The van der Waals surface area contributed by atoms with Crippen LogP contribution < -0.4 is 14.5 Å². The number of aromatic nitrogens is 2. The summed E-state index contributed by atoms with van der Waals surface area (Å²) in [4.78, 5) is 9.27. The third-order valence-electron chi connectivity index (χ3n) is 14.8. The number of hydrogen-bond acceptors (Lipinski definition) is 4. The molecule has 0 radical (unpaired) electrons. The SMILES string of the molecule is [2H]c1c(Oc2[c-]c3c(cc2)c2cc(C(C)(C)C)ccc2n3-c2cc(C(C)(C)C)c(-c3ccccc3)cn2)[c-]c(N2[CH-]N(c3c(-c4ccc(C(C)(C)C)cc4)cccc3-c3cccc(-c4ccccc4)c3)c3ccccc32)c([2H])c1[2H].[Pt]. The van der Waals surface area contributed by atoms with Crippen LogP contribution in [0.2, 0.25) is 0 Å². The van der Waals surface area contributed by atoms with Gasteiger partial charge in [0, 0.05) is 79.4 Å². The number of nitrogens with zero attached hydrogens (tertiary/aromatic N) is 4. The van der Waals surface area contributed by atoms with Gasteiger partial charge in [0.05, 0.1) is 0 Å². The number of para-hydroxylation sites is 3. The average molecular weight is 1200 g/mol. The molecule has 11 aromatic rings. The summed E-state index contributed by atoms with van der Waals surface area (Å²) in [6.45, 7) is 22.0. The predicted octanol–water partition coefficient (Wildman–Crippen LogP) is 19.5. The van der Waals surface area contributed by atoms with Crippen LogP contribution in [0.3, 0.4) is 0 Å². The van der Waals surface area contributed by atoms with E-state index in [0.717, 1.165) is 94.8 Å². The topological polar surface area (TPSA) is 33.5 Å². The van der Waals surface area contributed by atoms with Crippen LogP contribution >= 0.6 is 0 Å². The summed E-state index contributed by atoms with van der Waals surface area (Å²) >= 11 is 0. The number of pyridine rings is 1. The molecule has 9 aromatic carbocycles. The molecule has 1 aliphatic rings. The Morgan fingerprint density at radius 2 is 1.09 bits per heavy atom. The third kappa shape index (κ3) is 9.86. The molecule has 390 valence electrons. The summed E-state index contributed by atoms with van der Waals surface area (Å²) in [6.07, 6.45) is 1.98. The van der Waals surface area contributed by atoms with Gasteiger partial charge in [-0.05, 0) is 99.2 Å². The van der Waals surface area contributed by atoms with E-state index in [1.54, 1.807) is 0 Å². The van der Waals surface area contributed by atoms with E-state index in [2.05, 4.69) is 230 Å². The molecule has 0 saturated heterocycles. The van der Waals surface area contributed by atoms with E-state index in [1.165, 1.54) is 11.1 Å². The first-order valence-electron chi connectivity index (χ1n) is 28.0. The Morgan fingerprint density at radius 1 is 0.487 bits per heavy atom. The Kier molecular flexibility index (Phi) is 12.7.